The molecule has 0 fully saturated rings. The van der Waals surface area contributed by atoms with E-state index in [1.807, 2.05) is 0 Å². The molecule has 4 rings (SSSR count). The fourth-order valence-corrected chi connectivity index (χ4v) is 5.73. The lowest BCUT2D eigenvalue weighted by atomic mass is 9.92. The van der Waals surface area contributed by atoms with Gasteiger partial charge in [-0.1, -0.05) is 59.6 Å². The zero-order valence-electron chi connectivity index (χ0n) is 24.6. The van der Waals surface area contributed by atoms with Crippen molar-refractivity contribution in [3.05, 3.63) is 93.2 Å². The number of ketones is 1. The molecule has 3 aromatic rings. The van der Waals surface area contributed by atoms with E-state index in [1.165, 1.54) is 29.2 Å². The van der Waals surface area contributed by atoms with Gasteiger partial charge in [-0.15, -0.1) is 0 Å². The van der Waals surface area contributed by atoms with E-state index in [0.717, 1.165) is 6.26 Å². The van der Waals surface area contributed by atoms with Gasteiger partial charge in [-0.3, -0.25) is 19.2 Å². The highest BCUT2D eigenvalue weighted by atomic mass is 35.5. The summed E-state index contributed by atoms with van der Waals surface area (Å²) < 4.78 is 43.0. The molecule has 1 aliphatic rings. The quantitative estimate of drug-likeness (QED) is 0.146. The fraction of sp³-hybridized carbons (Fsp3) is 0.290. The number of hydrogen-bond donors (Lipinski definition) is 3. The Morgan fingerprint density at radius 2 is 1.76 bits per heavy atom. The molecule has 11 nitrogen and oxygen atoms in total. The zero-order valence-corrected chi connectivity index (χ0v) is 26.9. The number of amides is 3. The molecule has 3 aromatic carbocycles. The molecular formula is C31H31Cl2FN4O7S. The van der Waals surface area contributed by atoms with Crippen molar-refractivity contribution in [1.82, 2.24) is 10.2 Å². The van der Waals surface area contributed by atoms with Gasteiger partial charge in [-0.05, 0) is 48.4 Å². The molecule has 0 aliphatic carbocycles. The Kier molecular flexibility index (Phi) is 11.4. The Labute approximate surface area is 275 Å². The first-order valence-electron chi connectivity index (χ1n) is 14.1. The van der Waals surface area contributed by atoms with E-state index in [0.29, 0.717) is 16.7 Å². The number of nitrogens with one attached hydrogen (secondary N) is 2. The number of benzene rings is 3. The molecule has 15 heteroatoms. The molecule has 0 spiro atoms. The number of rotatable bonds is 12. The topological polar surface area (TPSA) is 165 Å². The van der Waals surface area contributed by atoms with Crippen LogP contribution in [0.5, 0.6) is 5.75 Å². The van der Waals surface area contributed by atoms with Crippen LogP contribution in [0, 0.1) is 5.82 Å². The van der Waals surface area contributed by atoms with E-state index in [1.54, 1.807) is 36.4 Å². The lowest BCUT2D eigenvalue weighted by Gasteiger charge is -2.37. The molecule has 1 aliphatic heterocycles. The normalized spacial score (nSPS) is 15.0. The van der Waals surface area contributed by atoms with Gasteiger partial charge in [-0.25, -0.2) is 4.39 Å². The van der Waals surface area contributed by atoms with E-state index >= 15 is 0 Å². The van der Waals surface area contributed by atoms with Crippen LogP contribution in [0.15, 0.2) is 60.7 Å². The molecule has 244 valence electrons. The standard InChI is InChI=1S/C31H31Cl2FN4O7S/c1-46(43,44)45-21-8-7-19-16-25(38(17-20(19)15-21)27(40)12-11-26(39)18-5-3-2-4-6-18)31(42)37-24(13-14-35)30(41)36-23-10-9-22(32)28(33)29(23)34/h2-10,15,24-25H,11-14,16-17,35H2,1H3,(H,36,41)(H,37,42)/t24?,25-/m0/s1. The summed E-state index contributed by atoms with van der Waals surface area (Å²) in [6.45, 7) is -0.113. The van der Waals surface area contributed by atoms with Gasteiger partial charge in [0.15, 0.2) is 11.6 Å². The summed E-state index contributed by atoms with van der Waals surface area (Å²) >= 11 is 11.7. The number of halogens is 3. The van der Waals surface area contributed by atoms with Gasteiger partial charge in [0.05, 0.1) is 22.0 Å². The van der Waals surface area contributed by atoms with E-state index in [-0.39, 0.29) is 66.0 Å². The maximum atomic E-state index is 14.6. The monoisotopic (exact) mass is 692 g/mol. The lowest BCUT2D eigenvalue weighted by Crippen LogP contribution is -2.56. The highest BCUT2D eigenvalue weighted by Crippen LogP contribution is 2.31. The summed E-state index contributed by atoms with van der Waals surface area (Å²) in [5, 5.41) is 4.58. The highest BCUT2D eigenvalue weighted by Gasteiger charge is 2.36. The third kappa shape index (κ3) is 8.81. The largest absolute Gasteiger partial charge is 0.383 e. The van der Waals surface area contributed by atoms with Crippen LogP contribution in [0.25, 0.3) is 0 Å². The van der Waals surface area contributed by atoms with E-state index < -0.39 is 45.7 Å². The number of anilines is 1. The van der Waals surface area contributed by atoms with E-state index in [2.05, 4.69) is 10.6 Å². The van der Waals surface area contributed by atoms with Crippen LogP contribution in [-0.2, 0) is 37.5 Å². The minimum atomic E-state index is -3.83. The van der Waals surface area contributed by atoms with Crippen molar-refractivity contribution in [1.29, 1.82) is 0 Å². The van der Waals surface area contributed by atoms with E-state index in [4.69, 9.17) is 33.1 Å². The number of fused-ring (bicyclic) bond motifs is 1. The average molecular weight is 694 g/mol. The van der Waals surface area contributed by atoms with Crippen LogP contribution in [0.2, 0.25) is 10.0 Å². The first kappa shape index (κ1) is 34.8. The summed E-state index contributed by atoms with van der Waals surface area (Å²) in [4.78, 5) is 54.4. The lowest BCUT2D eigenvalue weighted by molar-refractivity contribution is -0.142. The van der Waals surface area contributed by atoms with Gasteiger partial charge in [0, 0.05) is 31.4 Å². The van der Waals surface area contributed by atoms with Crippen LogP contribution in [0.4, 0.5) is 10.1 Å². The first-order valence-corrected chi connectivity index (χ1v) is 16.7. The van der Waals surface area contributed by atoms with Crippen molar-refractivity contribution in [3.8, 4) is 5.75 Å². The van der Waals surface area contributed by atoms with Gasteiger partial charge >= 0.3 is 10.1 Å². The van der Waals surface area contributed by atoms with Crippen molar-refractivity contribution in [3.63, 3.8) is 0 Å². The maximum Gasteiger partial charge on any atom is 0.306 e. The number of nitrogens with two attached hydrogens (primary N) is 1. The Hall–Kier alpha value is -4.04. The molecule has 1 heterocycles. The Bertz CT molecular complexity index is 1760. The molecule has 2 atom stereocenters. The smallest absolute Gasteiger partial charge is 0.306 e. The summed E-state index contributed by atoms with van der Waals surface area (Å²) in [6.07, 6.45) is 0.559. The zero-order chi connectivity index (χ0) is 33.6. The molecule has 0 saturated carbocycles. The van der Waals surface area contributed by atoms with Crippen LogP contribution in [-0.4, -0.2) is 61.7 Å². The average Bonchev–Trinajstić information content (AvgIpc) is 3.02. The predicted octanol–water partition coefficient (Wildman–Crippen LogP) is 3.86. The van der Waals surface area contributed by atoms with Crippen LogP contribution >= 0.6 is 23.2 Å². The van der Waals surface area contributed by atoms with Crippen molar-refractivity contribution < 1.29 is 36.2 Å². The third-order valence-electron chi connectivity index (χ3n) is 7.22. The summed E-state index contributed by atoms with van der Waals surface area (Å²) in [7, 11) is -3.83. The van der Waals surface area contributed by atoms with Crippen molar-refractivity contribution in [2.24, 2.45) is 5.73 Å². The molecule has 0 radical (unpaired) electrons. The van der Waals surface area contributed by atoms with Gasteiger partial charge in [0.2, 0.25) is 17.7 Å². The number of Topliss-reactive ketones (excluding diaryl/α,β-unsaturated/α-hetero) is 1. The van der Waals surface area contributed by atoms with Crippen LogP contribution in [0.1, 0.15) is 40.7 Å². The Morgan fingerprint density at radius 1 is 1.04 bits per heavy atom. The minimum absolute atomic E-state index is 0.0108. The molecule has 1 unspecified atom stereocenters. The SMILES string of the molecule is CS(=O)(=O)Oc1ccc2c(c1)CN(C(=O)CCC(=O)c1ccccc1)[C@H](C(=O)NC(CCN)C(=O)Nc1ccc(Cl)c(Cl)c1F)C2. The molecule has 0 bridgehead atoms. The molecule has 46 heavy (non-hydrogen) atoms. The highest BCUT2D eigenvalue weighted by molar-refractivity contribution is 7.86. The second kappa shape index (κ2) is 15.0. The summed E-state index contributed by atoms with van der Waals surface area (Å²) in [5.41, 5.74) is 7.07. The number of carbonyl (C=O) groups is 4. The number of hydrogen-bond acceptors (Lipinski definition) is 8. The van der Waals surface area contributed by atoms with Gasteiger partial charge in [0.1, 0.15) is 17.8 Å². The van der Waals surface area contributed by atoms with E-state index in [9.17, 15) is 32.0 Å². The third-order valence-corrected chi connectivity index (χ3v) is 8.50. The molecular weight excluding hydrogens is 662 g/mol. The number of carbonyl (C=O) groups excluding carboxylic acids is 4. The molecule has 4 N–H and O–H groups in total. The van der Waals surface area contributed by atoms with Gasteiger partial charge < -0.3 is 25.5 Å². The molecule has 3 amide bonds. The Balaban J connectivity index is 1.57. The van der Waals surface area contributed by atoms with Crippen molar-refractivity contribution in [2.75, 3.05) is 18.1 Å². The minimum Gasteiger partial charge on any atom is -0.383 e. The maximum absolute atomic E-state index is 14.6. The second-order valence-corrected chi connectivity index (χ2v) is 13.0. The van der Waals surface area contributed by atoms with Crippen LogP contribution < -0.4 is 20.6 Å². The number of nitrogens with zero attached hydrogens (tertiary/aromatic N) is 1. The molecule has 0 saturated heterocycles. The predicted molar refractivity (Wildman–Crippen MR) is 171 cm³/mol. The molecule has 0 aromatic heterocycles. The first-order chi connectivity index (χ1) is 21.8. The van der Waals surface area contributed by atoms with Gasteiger partial charge in [0.25, 0.3) is 0 Å². The van der Waals surface area contributed by atoms with Crippen LogP contribution in [0.3, 0.4) is 0 Å². The van der Waals surface area contributed by atoms with Crippen molar-refractivity contribution >= 4 is 62.5 Å². The fourth-order valence-electron chi connectivity index (χ4n) is 4.96. The Morgan fingerprint density at radius 3 is 2.43 bits per heavy atom. The summed E-state index contributed by atoms with van der Waals surface area (Å²) in [5.74, 6) is -3.16. The van der Waals surface area contributed by atoms with Crippen molar-refractivity contribution in [2.45, 2.75) is 44.3 Å². The summed E-state index contributed by atoms with van der Waals surface area (Å²) in [6, 6.07) is 13.1. The second-order valence-electron chi connectivity index (χ2n) is 10.6. The van der Waals surface area contributed by atoms with Gasteiger partial charge in [-0.2, -0.15) is 8.42 Å².